The van der Waals surface area contributed by atoms with Gasteiger partial charge in [-0.15, -0.1) is 0 Å². The molecule has 0 fully saturated rings. The summed E-state index contributed by atoms with van der Waals surface area (Å²) in [5.74, 6) is -0.00386. The van der Waals surface area contributed by atoms with E-state index in [0.717, 1.165) is 32.5 Å². The van der Waals surface area contributed by atoms with Gasteiger partial charge >= 0.3 is 5.97 Å². The van der Waals surface area contributed by atoms with E-state index >= 15 is 0 Å². The molecule has 0 aromatic heterocycles. The van der Waals surface area contributed by atoms with Gasteiger partial charge < -0.3 is 9.84 Å². The Morgan fingerprint density at radius 1 is 1.21 bits per heavy atom. The molecule has 0 unspecified atom stereocenters. The Kier molecular flexibility index (Phi) is 4.67. The second-order valence-corrected chi connectivity index (χ2v) is 6.36. The summed E-state index contributed by atoms with van der Waals surface area (Å²) in [6.07, 6.45) is 0.442. The van der Waals surface area contributed by atoms with Crippen LogP contribution in [0.4, 0.5) is 0 Å². The van der Waals surface area contributed by atoms with Crippen LogP contribution in [0, 0.1) is 26.2 Å². The summed E-state index contributed by atoms with van der Waals surface area (Å²) in [6.45, 7) is 9.48. The molecule has 0 amide bonds. The van der Waals surface area contributed by atoms with Gasteiger partial charge in [0, 0.05) is 4.47 Å². The van der Waals surface area contributed by atoms with Crippen LogP contribution in [0.2, 0.25) is 0 Å². The lowest BCUT2D eigenvalue weighted by Gasteiger charge is -2.24. The predicted octanol–water partition coefficient (Wildman–Crippen LogP) is 4.04. The average Bonchev–Trinajstić information content (AvgIpc) is 2.33. The van der Waals surface area contributed by atoms with Gasteiger partial charge in [-0.3, -0.25) is 4.79 Å². The summed E-state index contributed by atoms with van der Waals surface area (Å²) >= 11 is 3.59. The highest BCUT2D eigenvalue weighted by atomic mass is 79.9. The Morgan fingerprint density at radius 2 is 1.74 bits per heavy atom. The molecule has 0 saturated carbocycles. The van der Waals surface area contributed by atoms with Crippen molar-refractivity contribution in [3.05, 3.63) is 26.7 Å². The first kappa shape index (κ1) is 16.0. The maximum atomic E-state index is 11.3. The van der Waals surface area contributed by atoms with Gasteiger partial charge in [-0.05, 0) is 63.3 Å². The maximum absolute atomic E-state index is 11.3. The smallest absolute Gasteiger partial charge is 0.309 e. The van der Waals surface area contributed by atoms with E-state index in [0.29, 0.717) is 6.42 Å². The summed E-state index contributed by atoms with van der Waals surface area (Å²) in [4.78, 5) is 11.3. The molecule has 0 aliphatic carbocycles. The lowest BCUT2D eigenvalue weighted by atomic mass is 9.83. The highest BCUT2D eigenvalue weighted by Gasteiger charge is 2.30. The number of methoxy groups -OCH3 is 1. The molecular weight excluding hydrogens is 308 g/mol. The number of benzene rings is 1. The quantitative estimate of drug-likeness (QED) is 0.907. The minimum Gasteiger partial charge on any atom is -0.496 e. The summed E-state index contributed by atoms with van der Waals surface area (Å²) < 4.78 is 6.53. The molecule has 0 atom stereocenters. The molecule has 0 spiro atoms. The summed E-state index contributed by atoms with van der Waals surface area (Å²) in [5, 5.41) is 9.30. The van der Waals surface area contributed by atoms with Gasteiger partial charge in [0.05, 0.1) is 12.5 Å². The monoisotopic (exact) mass is 328 g/mol. The van der Waals surface area contributed by atoms with Gasteiger partial charge in [0.15, 0.2) is 0 Å². The van der Waals surface area contributed by atoms with E-state index in [1.807, 2.05) is 20.8 Å². The Bertz CT molecular complexity index is 519. The molecule has 0 heterocycles. The molecule has 1 aromatic rings. The van der Waals surface area contributed by atoms with Crippen LogP contribution in [-0.2, 0) is 11.2 Å². The van der Waals surface area contributed by atoms with Crippen molar-refractivity contribution in [2.75, 3.05) is 7.11 Å². The zero-order valence-corrected chi connectivity index (χ0v) is 13.9. The second-order valence-electron chi connectivity index (χ2n) is 5.57. The van der Waals surface area contributed by atoms with Crippen LogP contribution in [0.1, 0.15) is 36.1 Å². The van der Waals surface area contributed by atoms with Crippen LogP contribution in [0.15, 0.2) is 4.47 Å². The van der Waals surface area contributed by atoms with E-state index in [4.69, 9.17) is 4.74 Å². The second kappa shape index (κ2) is 5.53. The van der Waals surface area contributed by atoms with Gasteiger partial charge in [-0.1, -0.05) is 15.9 Å². The third-order valence-electron chi connectivity index (χ3n) is 3.69. The number of rotatable bonds is 4. The van der Waals surface area contributed by atoms with Gasteiger partial charge in [0.2, 0.25) is 0 Å². The number of carboxylic acid groups (broad SMARTS) is 1. The molecule has 1 N–H and O–H groups in total. The topological polar surface area (TPSA) is 46.5 Å². The van der Waals surface area contributed by atoms with Gasteiger partial charge in [-0.25, -0.2) is 0 Å². The van der Waals surface area contributed by atoms with E-state index in [2.05, 4.69) is 15.9 Å². The van der Waals surface area contributed by atoms with Crippen LogP contribution in [-0.4, -0.2) is 18.2 Å². The lowest BCUT2D eigenvalue weighted by Crippen LogP contribution is -2.27. The van der Waals surface area contributed by atoms with Gasteiger partial charge in [0.1, 0.15) is 5.75 Å². The van der Waals surface area contributed by atoms with E-state index < -0.39 is 11.4 Å². The number of carbonyl (C=O) groups is 1. The van der Waals surface area contributed by atoms with Crippen molar-refractivity contribution in [3.8, 4) is 5.75 Å². The molecule has 0 aliphatic rings. The first-order valence-electron chi connectivity index (χ1n) is 6.19. The van der Waals surface area contributed by atoms with Crippen molar-refractivity contribution in [2.45, 2.75) is 41.0 Å². The van der Waals surface area contributed by atoms with Crippen molar-refractivity contribution in [1.29, 1.82) is 0 Å². The minimum atomic E-state index is -0.820. The fourth-order valence-corrected chi connectivity index (χ4v) is 2.69. The number of hydrogen-bond donors (Lipinski definition) is 1. The highest BCUT2D eigenvalue weighted by Crippen LogP contribution is 2.39. The summed E-state index contributed by atoms with van der Waals surface area (Å²) in [7, 11) is 1.63. The van der Waals surface area contributed by atoms with Crippen LogP contribution in [0.25, 0.3) is 0 Å². The fourth-order valence-electron chi connectivity index (χ4n) is 2.15. The molecule has 0 saturated heterocycles. The summed E-state index contributed by atoms with van der Waals surface area (Å²) in [5.41, 5.74) is 3.38. The average molecular weight is 329 g/mol. The highest BCUT2D eigenvalue weighted by molar-refractivity contribution is 9.10. The van der Waals surface area contributed by atoms with Crippen molar-refractivity contribution in [1.82, 2.24) is 0 Å². The summed E-state index contributed by atoms with van der Waals surface area (Å²) in [6, 6.07) is 0. The fraction of sp³-hybridized carbons (Fsp3) is 0.533. The Morgan fingerprint density at radius 3 is 2.16 bits per heavy atom. The predicted molar refractivity (Wildman–Crippen MR) is 80.0 cm³/mol. The van der Waals surface area contributed by atoms with E-state index in [1.54, 1.807) is 21.0 Å². The molecule has 3 nitrogen and oxygen atoms in total. The molecule has 1 rings (SSSR count). The third kappa shape index (κ3) is 2.94. The van der Waals surface area contributed by atoms with Crippen LogP contribution < -0.4 is 4.74 Å². The van der Waals surface area contributed by atoms with Gasteiger partial charge in [0.25, 0.3) is 0 Å². The van der Waals surface area contributed by atoms with E-state index in [9.17, 15) is 9.90 Å². The van der Waals surface area contributed by atoms with Crippen molar-refractivity contribution in [2.24, 2.45) is 5.41 Å². The molecule has 4 heteroatoms. The molecule has 0 bridgehead atoms. The zero-order chi connectivity index (χ0) is 15.0. The molecule has 106 valence electrons. The Balaban J connectivity index is 3.47. The molecule has 0 radical (unpaired) electrons. The van der Waals surface area contributed by atoms with Crippen LogP contribution >= 0.6 is 15.9 Å². The maximum Gasteiger partial charge on any atom is 0.309 e. The Labute approximate surface area is 123 Å². The SMILES string of the molecule is COc1c(C)c(C)c(Br)c(C)c1CC(C)(C)C(=O)O. The number of aliphatic carboxylic acids is 1. The van der Waals surface area contributed by atoms with Gasteiger partial charge in [-0.2, -0.15) is 0 Å². The van der Waals surface area contributed by atoms with E-state index in [-0.39, 0.29) is 0 Å². The largest absolute Gasteiger partial charge is 0.496 e. The number of carboxylic acids is 1. The lowest BCUT2D eigenvalue weighted by molar-refractivity contribution is -0.146. The van der Waals surface area contributed by atoms with Crippen molar-refractivity contribution < 1.29 is 14.6 Å². The number of hydrogen-bond acceptors (Lipinski definition) is 2. The van der Waals surface area contributed by atoms with Crippen molar-refractivity contribution >= 4 is 21.9 Å². The number of ether oxygens (including phenoxy) is 1. The molecule has 1 aromatic carbocycles. The normalized spacial score (nSPS) is 11.5. The van der Waals surface area contributed by atoms with Crippen LogP contribution in [0.3, 0.4) is 0 Å². The van der Waals surface area contributed by atoms with E-state index in [1.165, 1.54) is 0 Å². The third-order valence-corrected chi connectivity index (χ3v) is 4.88. The van der Waals surface area contributed by atoms with Crippen LogP contribution in [0.5, 0.6) is 5.75 Å². The molecular formula is C15H21BrO3. The molecule has 0 aliphatic heterocycles. The standard InChI is InChI=1S/C15H21BrO3/c1-8-9(2)13(19-6)11(10(3)12(8)16)7-15(4,5)14(17)18/h7H2,1-6H3,(H,17,18). The number of halogens is 1. The zero-order valence-electron chi connectivity index (χ0n) is 12.3. The molecule has 19 heavy (non-hydrogen) atoms. The Hall–Kier alpha value is -1.03. The van der Waals surface area contributed by atoms with Crippen molar-refractivity contribution in [3.63, 3.8) is 0 Å². The first-order valence-corrected chi connectivity index (χ1v) is 6.98. The minimum absolute atomic E-state index is 0.442. The first-order chi connectivity index (χ1) is 8.63.